The number of amides is 2. The minimum atomic E-state index is -0.515. The van der Waals surface area contributed by atoms with Gasteiger partial charge in [0, 0.05) is 12.1 Å². The second-order valence-corrected chi connectivity index (χ2v) is 10.5. The van der Waals surface area contributed by atoms with Crippen LogP contribution in [0, 0.1) is 0 Å². The zero-order valence-corrected chi connectivity index (χ0v) is 23.6. The molecule has 3 aromatic rings. The van der Waals surface area contributed by atoms with E-state index in [4.69, 9.17) is 27.4 Å². The molecule has 3 aromatic carbocycles. The summed E-state index contributed by atoms with van der Waals surface area (Å²) in [4.78, 5) is 29.0. The molecule has 7 nitrogen and oxygen atoms in total. The Bertz CT molecular complexity index is 1350. The van der Waals surface area contributed by atoms with Crippen LogP contribution in [-0.4, -0.2) is 47.3 Å². The lowest BCUT2D eigenvalue weighted by Crippen LogP contribution is -2.27. The molecule has 0 saturated carbocycles. The summed E-state index contributed by atoms with van der Waals surface area (Å²) in [5.41, 5.74) is 7.25. The highest BCUT2D eigenvalue weighted by atomic mass is 32.2. The highest BCUT2D eigenvalue weighted by Gasteiger charge is 2.33. The molecule has 1 aliphatic rings. The van der Waals surface area contributed by atoms with Crippen molar-refractivity contribution in [2.75, 3.05) is 31.1 Å². The molecule has 0 unspecified atom stereocenters. The molecular formula is C30H31N3O4S2. The van der Waals surface area contributed by atoms with E-state index in [0.717, 1.165) is 37.4 Å². The molecule has 2 amide bonds. The molecule has 0 spiro atoms. The number of thiocarbonyl (C=S) groups is 1. The van der Waals surface area contributed by atoms with Gasteiger partial charge in [0.1, 0.15) is 17.2 Å². The number of hydrogen-bond donors (Lipinski definition) is 1. The fourth-order valence-corrected chi connectivity index (χ4v) is 5.33. The zero-order chi connectivity index (χ0) is 27.8. The minimum absolute atomic E-state index is 0.165. The Balaban J connectivity index is 1.36. The van der Waals surface area contributed by atoms with Gasteiger partial charge in [-0.25, -0.2) is 0 Å². The van der Waals surface area contributed by atoms with E-state index in [1.54, 1.807) is 41.3 Å². The Hall–Kier alpha value is -3.66. The van der Waals surface area contributed by atoms with Crippen LogP contribution in [-0.2, 0) is 4.79 Å². The van der Waals surface area contributed by atoms with Gasteiger partial charge in [0.25, 0.3) is 5.91 Å². The summed E-state index contributed by atoms with van der Waals surface area (Å²) in [5, 5.41) is 0. The smallest absolute Gasteiger partial charge is 0.270 e. The number of benzene rings is 3. The third kappa shape index (κ3) is 7.47. The SMILES string of the molecule is CCN(CC)CCCOc1ccc(N2C(=O)C(=Cc3ccc(Oc4cccc(C(N)=O)c4)cc3)SC2=S)cc1. The van der Waals surface area contributed by atoms with Gasteiger partial charge in [-0.1, -0.05) is 56.0 Å². The van der Waals surface area contributed by atoms with Gasteiger partial charge in [-0.3, -0.25) is 14.5 Å². The molecule has 1 aliphatic heterocycles. The summed E-state index contributed by atoms with van der Waals surface area (Å²) in [7, 11) is 0. The maximum Gasteiger partial charge on any atom is 0.270 e. The Morgan fingerprint density at radius 2 is 1.69 bits per heavy atom. The predicted molar refractivity (Wildman–Crippen MR) is 161 cm³/mol. The van der Waals surface area contributed by atoms with Gasteiger partial charge in [-0.2, -0.15) is 0 Å². The van der Waals surface area contributed by atoms with Crippen LogP contribution < -0.4 is 20.1 Å². The lowest BCUT2D eigenvalue weighted by Gasteiger charge is -2.18. The summed E-state index contributed by atoms with van der Waals surface area (Å²) in [6.45, 7) is 8.05. The number of hydrogen-bond acceptors (Lipinski definition) is 7. The minimum Gasteiger partial charge on any atom is -0.494 e. The lowest BCUT2D eigenvalue weighted by atomic mass is 10.2. The summed E-state index contributed by atoms with van der Waals surface area (Å²) >= 11 is 6.79. The number of anilines is 1. The number of carbonyl (C=O) groups is 2. The van der Waals surface area contributed by atoms with Crippen LogP contribution in [0.5, 0.6) is 17.2 Å². The van der Waals surface area contributed by atoms with Crippen molar-refractivity contribution in [2.45, 2.75) is 20.3 Å². The standard InChI is InChI=1S/C30H31N3O4S2/c1-3-32(4-2)17-6-18-36-24-15-11-23(12-16-24)33-29(35)27(39-30(33)38)19-21-9-13-25(14-10-21)37-26-8-5-7-22(20-26)28(31)34/h5,7-16,19-20H,3-4,6,17-18H2,1-2H3,(H2,31,34). The topological polar surface area (TPSA) is 85.1 Å². The molecule has 0 aromatic heterocycles. The molecule has 1 fully saturated rings. The van der Waals surface area contributed by atoms with E-state index in [9.17, 15) is 9.59 Å². The largest absolute Gasteiger partial charge is 0.494 e. The van der Waals surface area contributed by atoms with Crippen molar-refractivity contribution in [2.24, 2.45) is 5.73 Å². The van der Waals surface area contributed by atoms with Gasteiger partial charge in [-0.15, -0.1) is 0 Å². The van der Waals surface area contributed by atoms with Gasteiger partial charge in [0.05, 0.1) is 17.2 Å². The monoisotopic (exact) mass is 561 g/mol. The maximum atomic E-state index is 13.2. The van der Waals surface area contributed by atoms with Crippen LogP contribution >= 0.6 is 24.0 Å². The van der Waals surface area contributed by atoms with Crippen molar-refractivity contribution in [3.05, 3.63) is 88.8 Å². The van der Waals surface area contributed by atoms with Crippen LogP contribution in [0.15, 0.2) is 77.7 Å². The molecule has 0 radical (unpaired) electrons. The molecule has 1 heterocycles. The van der Waals surface area contributed by atoms with Crippen LogP contribution in [0.25, 0.3) is 6.08 Å². The van der Waals surface area contributed by atoms with Crippen LogP contribution in [0.3, 0.4) is 0 Å². The summed E-state index contributed by atoms with van der Waals surface area (Å²) in [5.74, 6) is 1.19. The molecule has 39 heavy (non-hydrogen) atoms. The molecular weight excluding hydrogens is 530 g/mol. The van der Waals surface area contributed by atoms with E-state index in [0.29, 0.717) is 38.6 Å². The van der Waals surface area contributed by atoms with Crippen LogP contribution in [0.4, 0.5) is 5.69 Å². The first-order chi connectivity index (χ1) is 18.9. The summed E-state index contributed by atoms with van der Waals surface area (Å²) < 4.78 is 12.2. The van der Waals surface area contributed by atoms with Crippen molar-refractivity contribution in [3.8, 4) is 17.2 Å². The van der Waals surface area contributed by atoms with E-state index >= 15 is 0 Å². The first-order valence-electron chi connectivity index (χ1n) is 12.8. The second-order valence-electron chi connectivity index (χ2n) is 8.80. The maximum absolute atomic E-state index is 13.2. The van der Waals surface area contributed by atoms with E-state index in [1.165, 1.54) is 11.8 Å². The molecule has 202 valence electrons. The fraction of sp³-hybridized carbons (Fsp3) is 0.233. The van der Waals surface area contributed by atoms with Gasteiger partial charge in [0.2, 0.25) is 5.91 Å². The van der Waals surface area contributed by atoms with E-state index < -0.39 is 5.91 Å². The first-order valence-corrected chi connectivity index (χ1v) is 14.0. The van der Waals surface area contributed by atoms with Crippen molar-refractivity contribution >= 4 is 51.9 Å². The highest BCUT2D eigenvalue weighted by Crippen LogP contribution is 2.36. The Labute approximate surface area is 238 Å². The molecule has 4 rings (SSSR count). The third-order valence-electron chi connectivity index (χ3n) is 6.20. The van der Waals surface area contributed by atoms with E-state index in [-0.39, 0.29) is 5.91 Å². The third-order valence-corrected chi connectivity index (χ3v) is 7.50. The number of primary amides is 1. The normalized spacial score (nSPS) is 14.3. The number of thioether (sulfide) groups is 1. The van der Waals surface area contributed by atoms with Crippen LogP contribution in [0.2, 0.25) is 0 Å². The van der Waals surface area contributed by atoms with Crippen molar-refractivity contribution in [1.29, 1.82) is 0 Å². The van der Waals surface area contributed by atoms with Crippen LogP contribution in [0.1, 0.15) is 36.2 Å². The lowest BCUT2D eigenvalue weighted by molar-refractivity contribution is -0.113. The van der Waals surface area contributed by atoms with Gasteiger partial charge in [-0.05, 0) is 85.7 Å². The zero-order valence-electron chi connectivity index (χ0n) is 22.0. The van der Waals surface area contributed by atoms with Crippen molar-refractivity contribution < 1.29 is 19.1 Å². The fourth-order valence-electron chi connectivity index (χ4n) is 4.03. The average Bonchev–Trinajstić information content (AvgIpc) is 3.22. The first kappa shape index (κ1) is 28.4. The predicted octanol–water partition coefficient (Wildman–Crippen LogP) is 6.09. The number of rotatable bonds is 12. The second kappa shape index (κ2) is 13.4. The van der Waals surface area contributed by atoms with E-state index in [1.807, 2.05) is 42.5 Å². The Morgan fingerprint density at radius 1 is 1.00 bits per heavy atom. The number of ether oxygens (including phenoxy) is 2. The molecule has 0 aliphatic carbocycles. The number of nitrogens with two attached hydrogens (primary N) is 1. The quantitative estimate of drug-likeness (QED) is 0.163. The van der Waals surface area contributed by atoms with Gasteiger partial charge < -0.3 is 20.1 Å². The summed E-state index contributed by atoms with van der Waals surface area (Å²) in [6, 6.07) is 21.4. The molecule has 0 bridgehead atoms. The Morgan fingerprint density at radius 3 is 2.36 bits per heavy atom. The summed E-state index contributed by atoms with van der Waals surface area (Å²) in [6.07, 6.45) is 2.77. The Kier molecular flexibility index (Phi) is 9.75. The number of carbonyl (C=O) groups excluding carboxylic acids is 2. The molecule has 9 heteroatoms. The average molecular weight is 562 g/mol. The molecule has 2 N–H and O–H groups in total. The molecule has 1 saturated heterocycles. The van der Waals surface area contributed by atoms with Gasteiger partial charge in [0.15, 0.2) is 4.32 Å². The van der Waals surface area contributed by atoms with E-state index in [2.05, 4.69) is 18.7 Å². The van der Waals surface area contributed by atoms with Crippen molar-refractivity contribution in [3.63, 3.8) is 0 Å². The number of nitrogens with zero attached hydrogens (tertiary/aromatic N) is 2. The molecule has 0 atom stereocenters. The van der Waals surface area contributed by atoms with Crippen molar-refractivity contribution in [1.82, 2.24) is 4.90 Å². The van der Waals surface area contributed by atoms with Gasteiger partial charge >= 0.3 is 0 Å². The highest BCUT2D eigenvalue weighted by molar-refractivity contribution is 8.27.